The molecule has 0 bridgehead atoms. The molecule has 0 aromatic heterocycles. The van der Waals surface area contributed by atoms with Gasteiger partial charge in [-0.2, -0.15) is 0 Å². The molecule has 0 rings (SSSR count). The van der Waals surface area contributed by atoms with Gasteiger partial charge in [0.1, 0.15) is 5.67 Å². The van der Waals surface area contributed by atoms with Gasteiger partial charge in [-0.25, -0.2) is 4.39 Å². The summed E-state index contributed by atoms with van der Waals surface area (Å²) < 4.78 is 12.6. The number of rotatable bonds is 3. The fourth-order valence-corrected chi connectivity index (χ4v) is 0.597. The van der Waals surface area contributed by atoms with Crippen molar-refractivity contribution in [2.75, 3.05) is 0 Å². The van der Waals surface area contributed by atoms with Gasteiger partial charge in [-0.1, -0.05) is 19.8 Å². The zero-order valence-corrected chi connectivity index (χ0v) is 6.00. The highest BCUT2D eigenvalue weighted by molar-refractivity contribution is 4.64. The number of unbranched alkanes of at least 4 members (excludes halogenated alkanes) is 1. The Hall–Kier alpha value is -0.0700. The van der Waals surface area contributed by atoms with Crippen LogP contribution < -0.4 is 0 Å². The van der Waals surface area contributed by atoms with Crippen molar-refractivity contribution in [1.82, 2.24) is 0 Å². The van der Waals surface area contributed by atoms with E-state index in [0.717, 1.165) is 12.8 Å². The van der Waals surface area contributed by atoms with E-state index in [2.05, 4.69) is 6.92 Å². The van der Waals surface area contributed by atoms with Gasteiger partial charge in [0.25, 0.3) is 0 Å². The molecule has 0 aliphatic carbocycles. The van der Waals surface area contributed by atoms with Crippen molar-refractivity contribution >= 4 is 0 Å². The molecule has 0 unspecified atom stereocenters. The molecule has 1 heteroatoms. The van der Waals surface area contributed by atoms with Crippen LogP contribution in [-0.4, -0.2) is 5.67 Å². The van der Waals surface area contributed by atoms with Crippen LogP contribution in [0.15, 0.2) is 0 Å². The minimum atomic E-state index is -0.948. The maximum absolute atomic E-state index is 12.6. The summed E-state index contributed by atoms with van der Waals surface area (Å²) in [6, 6.07) is 0. The smallest absolute Gasteiger partial charge is 0.105 e. The summed E-state index contributed by atoms with van der Waals surface area (Å²) in [4.78, 5) is 0. The molecule has 0 fully saturated rings. The van der Waals surface area contributed by atoms with Crippen molar-refractivity contribution in [1.29, 1.82) is 0 Å². The first-order chi connectivity index (χ1) is 3.56. The molecule has 0 aliphatic heterocycles. The van der Waals surface area contributed by atoms with E-state index < -0.39 is 5.67 Å². The average molecular weight is 118 g/mol. The molecule has 0 saturated heterocycles. The normalized spacial score (nSPS) is 12.0. The van der Waals surface area contributed by atoms with Crippen molar-refractivity contribution in [2.24, 2.45) is 0 Å². The second kappa shape index (κ2) is 3.06. The number of halogens is 1. The van der Waals surface area contributed by atoms with Crippen molar-refractivity contribution in [2.45, 2.75) is 45.7 Å². The molecule has 0 spiro atoms. The van der Waals surface area contributed by atoms with Crippen LogP contribution in [0.1, 0.15) is 40.0 Å². The largest absolute Gasteiger partial charge is 0.245 e. The molecule has 0 aromatic carbocycles. The second-order valence-corrected chi connectivity index (χ2v) is 2.82. The minimum Gasteiger partial charge on any atom is -0.245 e. The van der Waals surface area contributed by atoms with E-state index in [-0.39, 0.29) is 0 Å². The summed E-state index contributed by atoms with van der Waals surface area (Å²) in [5.41, 5.74) is -0.948. The van der Waals surface area contributed by atoms with Crippen LogP contribution in [0.2, 0.25) is 0 Å². The molecule has 50 valence electrons. The second-order valence-electron chi connectivity index (χ2n) is 2.82. The molecular formula is C7H15F. The van der Waals surface area contributed by atoms with Crippen LogP contribution in [0.5, 0.6) is 0 Å². The van der Waals surface area contributed by atoms with Crippen LogP contribution in [-0.2, 0) is 0 Å². The Kier molecular flexibility index (Phi) is 3.03. The Balaban J connectivity index is 3.11. The lowest BCUT2D eigenvalue weighted by Gasteiger charge is -2.11. The fraction of sp³-hybridized carbons (Fsp3) is 1.00. The van der Waals surface area contributed by atoms with E-state index >= 15 is 0 Å². The maximum atomic E-state index is 12.6. The van der Waals surface area contributed by atoms with Gasteiger partial charge in [0.2, 0.25) is 0 Å². The first kappa shape index (κ1) is 7.93. The standard InChI is InChI=1S/C7H15F/c1-4-5-6-7(2,3)8/h4-6H2,1-3H3. The fourth-order valence-electron chi connectivity index (χ4n) is 0.597. The Morgan fingerprint density at radius 2 is 1.88 bits per heavy atom. The van der Waals surface area contributed by atoms with Gasteiger partial charge in [0.05, 0.1) is 0 Å². The van der Waals surface area contributed by atoms with E-state index in [0.29, 0.717) is 6.42 Å². The van der Waals surface area contributed by atoms with Gasteiger partial charge >= 0.3 is 0 Å². The monoisotopic (exact) mass is 118 g/mol. The van der Waals surface area contributed by atoms with Gasteiger partial charge in [0.15, 0.2) is 0 Å². The Morgan fingerprint density at radius 1 is 1.38 bits per heavy atom. The lowest BCUT2D eigenvalue weighted by Crippen LogP contribution is -2.10. The van der Waals surface area contributed by atoms with E-state index in [1.165, 1.54) is 0 Å². The molecule has 0 radical (unpaired) electrons. The minimum absolute atomic E-state index is 0.698. The topological polar surface area (TPSA) is 0 Å². The van der Waals surface area contributed by atoms with Gasteiger partial charge in [-0.15, -0.1) is 0 Å². The molecule has 0 nitrogen and oxygen atoms in total. The highest BCUT2D eigenvalue weighted by atomic mass is 19.1. The summed E-state index contributed by atoms with van der Waals surface area (Å²) >= 11 is 0. The molecule has 8 heavy (non-hydrogen) atoms. The first-order valence-corrected chi connectivity index (χ1v) is 3.25. The maximum Gasteiger partial charge on any atom is 0.105 e. The SMILES string of the molecule is CCCCC(C)(C)F. The predicted octanol–water partition coefficient (Wildman–Crippen LogP) is 2.92. The molecule has 0 saturated carbocycles. The van der Waals surface area contributed by atoms with E-state index in [1.807, 2.05) is 0 Å². The average Bonchev–Trinajstić information content (AvgIpc) is 1.59. The first-order valence-electron chi connectivity index (χ1n) is 3.25. The summed E-state index contributed by atoms with van der Waals surface area (Å²) in [7, 11) is 0. The molecule has 0 N–H and O–H groups in total. The van der Waals surface area contributed by atoms with Gasteiger partial charge < -0.3 is 0 Å². The zero-order valence-electron chi connectivity index (χ0n) is 6.00. The highest BCUT2D eigenvalue weighted by Crippen LogP contribution is 2.16. The molecule has 0 atom stereocenters. The molecular weight excluding hydrogens is 103 g/mol. The third kappa shape index (κ3) is 5.93. The molecule has 0 amide bonds. The molecule has 0 heterocycles. The molecule has 0 aromatic rings. The lowest BCUT2D eigenvalue weighted by molar-refractivity contribution is 0.197. The summed E-state index contributed by atoms with van der Waals surface area (Å²) in [6.07, 6.45) is 2.79. The Labute approximate surface area is 51.1 Å². The Bertz CT molecular complexity index is 51.9. The predicted molar refractivity (Wildman–Crippen MR) is 34.7 cm³/mol. The van der Waals surface area contributed by atoms with Crippen LogP contribution >= 0.6 is 0 Å². The third-order valence-electron chi connectivity index (χ3n) is 1.12. The van der Waals surface area contributed by atoms with Gasteiger partial charge in [0, 0.05) is 0 Å². The van der Waals surface area contributed by atoms with Crippen molar-refractivity contribution < 1.29 is 4.39 Å². The number of alkyl halides is 1. The van der Waals surface area contributed by atoms with Crippen LogP contribution in [0.4, 0.5) is 4.39 Å². The van der Waals surface area contributed by atoms with Crippen molar-refractivity contribution in [3.05, 3.63) is 0 Å². The van der Waals surface area contributed by atoms with Crippen LogP contribution in [0.3, 0.4) is 0 Å². The van der Waals surface area contributed by atoms with Gasteiger partial charge in [-0.3, -0.25) is 0 Å². The van der Waals surface area contributed by atoms with Crippen molar-refractivity contribution in [3.63, 3.8) is 0 Å². The summed E-state index contributed by atoms with van der Waals surface area (Å²) in [5, 5.41) is 0. The molecule has 0 aliphatic rings. The third-order valence-corrected chi connectivity index (χ3v) is 1.12. The van der Waals surface area contributed by atoms with Gasteiger partial charge in [-0.05, 0) is 20.3 Å². The van der Waals surface area contributed by atoms with Crippen molar-refractivity contribution in [3.8, 4) is 0 Å². The van der Waals surface area contributed by atoms with Crippen LogP contribution in [0.25, 0.3) is 0 Å². The number of hydrogen-bond acceptors (Lipinski definition) is 0. The lowest BCUT2D eigenvalue weighted by atomic mass is 10.0. The van der Waals surface area contributed by atoms with E-state index in [9.17, 15) is 4.39 Å². The highest BCUT2D eigenvalue weighted by Gasteiger charge is 2.12. The summed E-state index contributed by atoms with van der Waals surface area (Å²) in [6.45, 7) is 5.33. The van der Waals surface area contributed by atoms with E-state index in [4.69, 9.17) is 0 Å². The van der Waals surface area contributed by atoms with E-state index in [1.54, 1.807) is 13.8 Å². The summed E-state index contributed by atoms with van der Waals surface area (Å²) in [5.74, 6) is 0. The zero-order chi connectivity index (χ0) is 6.62. The van der Waals surface area contributed by atoms with Crippen LogP contribution in [0, 0.1) is 0 Å². The Morgan fingerprint density at radius 3 is 2.00 bits per heavy atom. The number of hydrogen-bond donors (Lipinski definition) is 0. The quantitative estimate of drug-likeness (QED) is 0.534.